The first-order chi connectivity index (χ1) is 9.79. The van der Waals surface area contributed by atoms with Crippen molar-refractivity contribution in [1.82, 2.24) is 5.32 Å². The number of benzene rings is 1. The molecule has 4 nitrogen and oxygen atoms in total. The summed E-state index contributed by atoms with van der Waals surface area (Å²) in [7, 11) is 0. The summed E-state index contributed by atoms with van der Waals surface area (Å²) in [5.74, 6) is 3.74. The Morgan fingerprint density at radius 3 is 3.05 bits per heavy atom. The topological polar surface area (TPSA) is 62.1 Å². The monoisotopic (exact) mass is 308 g/mol. The van der Waals surface area contributed by atoms with Gasteiger partial charge in [0, 0.05) is 29.1 Å². The largest absolute Gasteiger partial charge is 0.482 e. The van der Waals surface area contributed by atoms with E-state index in [0.29, 0.717) is 23.1 Å². The zero-order valence-electron chi connectivity index (χ0n) is 11.0. The van der Waals surface area contributed by atoms with Crippen molar-refractivity contribution in [2.75, 3.05) is 30.4 Å². The summed E-state index contributed by atoms with van der Waals surface area (Å²) < 4.78 is 5.38. The van der Waals surface area contributed by atoms with E-state index in [1.165, 1.54) is 5.75 Å². The van der Waals surface area contributed by atoms with E-state index in [1.807, 2.05) is 29.6 Å². The molecular weight excluding hydrogens is 292 g/mol. The van der Waals surface area contributed by atoms with Gasteiger partial charge in [0.25, 0.3) is 5.91 Å². The van der Waals surface area contributed by atoms with Crippen LogP contribution < -0.4 is 10.1 Å². The molecule has 1 atom stereocenters. The van der Waals surface area contributed by atoms with Crippen LogP contribution >= 0.6 is 23.5 Å². The highest BCUT2D eigenvalue weighted by Gasteiger charge is 2.15. The van der Waals surface area contributed by atoms with E-state index in [9.17, 15) is 4.79 Å². The summed E-state index contributed by atoms with van der Waals surface area (Å²) >= 11 is 3.84. The predicted octanol–water partition coefficient (Wildman–Crippen LogP) is 1.90. The van der Waals surface area contributed by atoms with Crippen molar-refractivity contribution < 1.29 is 9.53 Å². The maximum atomic E-state index is 11.7. The average molecular weight is 308 g/mol. The lowest BCUT2D eigenvalue weighted by Crippen LogP contribution is -2.36. The Hall–Kier alpha value is -1.32. The lowest BCUT2D eigenvalue weighted by atomic mass is 10.2. The standard InChI is InChI=1S/C14H16N2O2S2/c15-7-11-3-1-2-4-13(11)18-9-14(17)16-8-12-10-19-5-6-20-12/h1-4,12H,5-6,8-10H2,(H,16,17). The van der Waals surface area contributed by atoms with Gasteiger partial charge in [0.05, 0.1) is 5.56 Å². The predicted molar refractivity (Wildman–Crippen MR) is 83.2 cm³/mol. The fourth-order valence-corrected chi connectivity index (χ4v) is 4.37. The van der Waals surface area contributed by atoms with Crippen LogP contribution in [0.4, 0.5) is 0 Å². The summed E-state index contributed by atoms with van der Waals surface area (Å²) in [6, 6.07) is 8.95. The number of ether oxygens (including phenoxy) is 1. The molecule has 1 aliphatic rings. The van der Waals surface area contributed by atoms with Crippen LogP contribution in [0.15, 0.2) is 24.3 Å². The fourth-order valence-electron chi connectivity index (χ4n) is 1.76. The quantitative estimate of drug-likeness (QED) is 0.900. The van der Waals surface area contributed by atoms with Crippen molar-refractivity contribution >= 4 is 29.4 Å². The molecule has 1 aromatic rings. The van der Waals surface area contributed by atoms with E-state index < -0.39 is 0 Å². The van der Waals surface area contributed by atoms with E-state index in [0.717, 1.165) is 11.5 Å². The molecule has 1 aromatic carbocycles. The lowest BCUT2D eigenvalue weighted by Gasteiger charge is -2.21. The number of rotatable bonds is 5. The third kappa shape index (κ3) is 4.66. The first-order valence-electron chi connectivity index (χ1n) is 6.37. The van der Waals surface area contributed by atoms with Gasteiger partial charge in [-0.15, -0.1) is 0 Å². The van der Waals surface area contributed by atoms with Crippen LogP contribution in [-0.4, -0.2) is 41.6 Å². The molecule has 0 saturated carbocycles. The van der Waals surface area contributed by atoms with Gasteiger partial charge in [-0.3, -0.25) is 4.79 Å². The van der Waals surface area contributed by atoms with Crippen LogP contribution in [0.1, 0.15) is 5.56 Å². The summed E-state index contributed by atoms with van der Waals surface area (Å²) in [4.78, 5) is 11.7. The lowest BCUT2D eigenvalue weighted by molar-refractivity contribution is -0.123. The second kappa shape index (κ2) is 8.08. The minimum absolute atomic E-state index is 0.0524. The van der Waals surface area contributed by atoms with E-state index in [-0.39, 0.29) is 12.5 Å². The average Bonchev–Trinajstić information content (AvgIpc) is 2.52. The van der Waals surface area contributed by atoms with Crippen molar-refractivity contribution in [1.29, 1.82) is 5.26 Å². The van der Waals surface area contributed by atoms with Gasteiger partial charge in [0.15, 0.2) is 6.61 Å². The van der Waals surface area contributed by atoms with Crippen molar-refractivity contribution in [3.8, 4) is 11.8 Å². The zero-order chi connectivity index (χ0) is 14.2. The van der Waals surface area contributed by atoms with Gasteiger partial charge in [-0.05, 0) is 12.1 Å². The van der Waals surface area contributed by atoms with Gasteiger partial charge < -0.3 is 10.1 Å². The first-order valence-corrected chi connectivity index (χ1v) is 8.58. The Labute approximate surface area is 127 Å². The highest BCUT2D eigenvalue weighted by atomic mass is 32.2. The summed E-state index contributed by atoms with van der Waals surface area (Å²) in [5, 5.41) is 12.3. The van der Waals surface area contributed by atoms with E-state index in [2.05, 4.69) is 5.32 Å². The second-order valence-electron chi connectivity index (χ2n) is 4.27. The molecule has 20 heavy (non-hydrogen) atoms. The molecule has 1 saturated heterocycles. The number of hydrogen-bond acceptors (Lipinski definition) is 5. The van der Waals surface area contributed by atoms with Gasteiger partial charge in [-0.2, -0.15) is 28.8 Å². The van der Waals surface area contributed by atoms with Crippen LogP contribution in [0.2, 0.25) is 0 Å². The van der Waals surface area contributed by atoms with Crippen LogP contribution in [0, 0.1) is 11.3 Å². The van der Waals surface area contributed by atoms with Crippen LogP contribution in [-0.2, 0) is 4.79 Å². The summed E-state index contributed by atoms with van der Waals surface area (Å²) in [6.07, 6.45) is 0. The van der Waals surface area contributed by atoms with Crippen molar-refractivity contribution in [3.63, 3.8) is 0 Å². The molecule has 0 radical (unpaired) electrons. The van der Waals surface area contributed by atoms with Crippen molar-refractivity contribution in [2.45, 2.75) is 5.25 Å². The fraction of sp³-hybridized carbons (Fsp3) is 0.429. The molecule has 0 bridgehead atoms. The Kier molecular flexibility index (Phi) is 6.09. The number of nitrogens with one attached hydrogen (secondary N) is 1. The number of amides is 1. The number of nitriles is 1. The molecular formula is C14H16N2O2S2. The SMILES string of the molecule is N#Cc1ccccc1OCC(=O)NCC1CSCCS1. The number of carbonyl (C=O) groups excluding carboxylic acids is 1. The maximum Gasteiger partial charge on any atom is 0.257 e. The maximum absolute atomic E-state index is 11.7. The Balaban J connectivity index is 1.73. The smallest absolute Gasteiger partial charge is 0.257 e. The van der Waals surface area contributed by atoms with E-state index in [4.69, 9.17) is 10.00 Å². The highest BCUT2D eigenvalue weighted by molar-refractivity contribution is 8.06. The van der Waals surface area contributed by atoms with E-state index in [1.54, 1.807) is 24.3 Å². The Bertz CT molecular complexity index is 496. The molecule has 1 heterocycles. The number of para-hydroxylation sites is 1. The van der Waals surface area contributed by atoms with Crippen LogP contribution in [0.25, 0.3) is 0 Å². The molecule has 6 heteroatoms. The number of carbonyl (C=O) groups is 1. The van der Waals surface area contributed by atoms with E-state index >= 15 is 0 Å². The molecule has 0 aromatic heterocycles. The molecule has 1 aliphatic heterocycles. The molecule has 0 aliphatic carbocycles. The molecule has 1 N–H and O–H groups in total. The van der Waals surface area contributed by atoms with Crippen molar-refractivity contribution in [3.05, 3.63) is 29.8 Å². The molecule has 106 valence electrons. The Morgan fingerprint density at radius 1 is 1.45 bits per heavy atom. The van der Waals surface area contributed by atoms with Gasteiger partial charge in [-0.1, -0.05) is 12.1 Å². The van der Waals surface area contributed by atoms with Crippen LogP contribution in [0.3, 0.4) is 0 Å². The molecule has 0 spiro atoms. The third-order valence-electron chi connectivity index (χ3n) is 2.78. The number of thioether (sulfide) groups is 2. The Morgan fingerprint density at radius 2 is 2.30 bits per heavy atom. The van der Waals surface area contributed by atoms with Crippen molar-refractivity contribution in [2.24, 2.45) is 0 Å². The zero-order valence-corrected chi connectivity index (χ0v) is 12.6. The summed E-state index contributed by atoms with van der Waals surface area (Å²) in [5.41, 5.74) is 0.444. The minimum Gasteiger partial charge on any atom is -0.482 e. The first kappa shape index (κ1) is 15.1. The second-order valence-corrected chi connectivity index (χ2v) is 6.83. The molecule has 1 unspecified atom stereocenters. The number of hydrogen-bond donors (Lipinski definition) is 1. The highest BCUT2D eigenvalue weighted by Crippen LogP contribution is 2.23. The molecule has 2 rings (SSSR count). The third-order valence-corrected chi connectivity index (χ3v) is 5.62. The molecule has 1 amide bonds. The summed E-state index contributed by atoms with van der Waals surface area (Å²) in [6.45, 7) is 0.628. The van der Waals surface area contributed by atoms with Gasteiger partial charge in [0.2, 0.25) is 0 Å². The van der Waals surface area contributed by atoms with Crippen LogP contribution in [0.5, 0.6) is 5.75 Å². The van der Waals surface area contributed by atoms with Gasteiger partial charge in [0.1, 0.15) is 11.8 Å². The number of nitrogens with zero attached hydrogens (tertiary/aromatic N) is 1. The van der Waals surface area contributed by atoms with Gasteiger partial charge >= 0.3 is 0 Å². The normalized spacial score (nSPS) is 18.1. The molecule has 1 fully saturated rings. The van der Waals surface area contributed by atoms with Gasteiger partial charge in [-0.25, -0.2) is 0 Å². The minimum atomic E-state index is -0.145.